The lowest BCUT2D eigenvalue weighted by Crippen LogP contribution is -2.20. The molecule has 1 aliphatic rings. The second-order valence-corrected chi connectivity index (χ2v) is 4.05. The summed E-state index contributed by atoms with van der Waals surface area (Å²) in [5.74, 6) is 4.78. The van der Waals surface area contributed by atoms with Crippen LogP contribution in [0.15, 0.2) is 48.5 Å². The topological polar surface area (TPSA) is 38.0 Å². The summed E-state index contributed by atoms with van der Waals surface area (Å²) in [5.41, 5.74) is 8.18. The van der Waals surface area contributed by atoms with Crippen molar-refractivity contribution in [3.8, 4) is 11.1 Å². The van der Waals surface area contributed by atoms with Crippen LogP contribution >= 0.6 is 0 Å². The van der Waals surface area contributed by atoms with Gasteiger partial charge < -0.3 is 0 Å². The van der Waals surface area contributed by atoms with E-state index in [1.165, 1.54) is 22.3 Å². The SMILES string of the molecule is CCNN.c1ccc2c(c1)Cc1ccccc1-2. The van der Waals surface area contributed by atoms with Crippen molar-refractivity contribution in [3.63, 3.8) is 0 Å². The normalized spacial score (nSPS) is 11.2. The van der Waals surface area contributed by atoms with Gasteiger partial charge in [0.2, 0.25) is 0 Å². The van der Waals surface area contributed by atoms with Gasteiger partial charge in [0, 0.05) is 6.54 Å². The molecule has 0 radical (unpaired) electrons. The van der Waals surface area contributed by atoms with E-state index in [4.69, 9.17) is 5.84 Å². The summed E-state index contributed by atoms with van der Waals surface area (Å²) in [7, 11) is 0. The molecule has 17 heavy (non-hydrogen) atoms. The Kier molecular flexibility index (Phi) is 3.91. The number of hydrazine groups is 1. The third-order valence-corrected chi connectivity index (χ3v) is 2.91. The minimum Gasteiger partial charge on any atom is -0.271 e. The van der Waals surface area contributed by atoms with Crippen molar-refractivity contribution < 1.29 is 0 Å². The van der Waals surface area contributed by atoms with Crippen LogP contribution in [0, 0.1) is 0 Å². The smallest absolute Gasteiger partial charge is 0.00689 e. The van der Waals surface area contributed by atoms with Crippen molar-refractivity contribution in [3.05, 3.63) is 59.7 Å². The molecule has 2 heteroatoms. The largest absolute Gasteiger partial charge is 0.271 e. The van der Waals surface area contributed by atoms with Gasteiger partial charge in [-0.3, -0.25) is 11.3 Å². The van der Waals surface area contributed by atoms with Gasteiger partial charge in [-0.25, -0.2) is 0 Å². The van der Waals surface area contributed by atoms with Crippen LogP contribution in [0.1, 0.15) is 18.1 Å². The molecule has 88 valence electrons. The minimum absolute atomic E-state index is 0.847. The molecular weight excluding hydrogens is 208 g/mol. The quantitative estimate of drug-likeness (QED) is 0.494. The summed E-state index contributed by atoms with van der Waals surface area (Å²) in [6.45, 7) is 2.79. The summed E-state index contributed by atoms with van der Waals surface area (Å²) in [5, 5.41) is 0. The lowest BCUT2D eigenvalue weighted by atomic mass is 10.1. The Morgan fingerprint density at radius 1 is 0.941 bits per heavy atom. The average molecular weight is 226 g/mol. The maximum Gasteiger partial charge on any atom is 0.00689 e. The fourth-order valence-electron chi connectivity index (χ4n) is 2.08. The van der Waals surface area contributed by atoms with E-state index in [0.29, 0.717) is 0 Å². The molecule has 0 aliphatic heterocycles. The maximum atomic E-state index is 4.78. The van der Waals surface area contributed by atoms with Crippen LogP contribution in [0.2, 0.25) is 0 Å². The molecule has 0 unspecified atom stereocenters. The van der Waals surface area contributed by atoms with E-state index in [0.717, 1.165) is 13.0 Å². The monoisotopic (exact) mass is 226 g/mol. The molecule has 2 aromatic rings. The molecule has 0 spiro atoms. The highest BCUT2D eigenvalue weighted by Crippen LogP contribution is 2.35. The molecule has 0 aromatic heterocycles. The van der Waals surface area contributed by atoms with Crippen LogP contribution in [0.4, 0.5) is 0 Å². The van der Waals surface area contributed by atoms with E-state index in [2.05, 4.69) is 54.0 Å². The van der Waals surface area contributed by atoms with Crippen LogP contribution in [0.3, 0.4) is 0 Å². The van der Waals surface area contributed by atoms with Crippen molar-refractivity contribution in [1.29, 1.82) is 0 Å². The lowest BCUT2D eigenvalue weighted by Gasteiger charge is -1.98. The van der Waals surface area contributed by atoms with Crippen LogP contribution in [0.25, 0.3) is 11.1 Å². The predicted molar refractivity (Wildman–Crippen MR) is 72.5 cm³/mol. The van der Waals surface area contributed by atoms with Gasteiger partial charge in [-0.15, -0.1) is 0 Å². The Labute approximate surface area is 102 Å². The summed E-state index contributed by atoms with van der Waals surface area (Å²) in [6, 6.07) is 17.3. The second kappa shape index (κ2) is 5.62. The fourth-order valence-corrected chi connectivity index (χ4v) is 2.08. The van der Waals surface area contributed by atoms with E-state index in [1.54, 1.807) is 0 Å². The predicted octanol–water partition coefficient (Wildman–Crippen LogP) is 2.73. The van der Waals surface area contributed by atoms with Gasteiger partial charge in [-0.05, 0) is 28.7 Å². The van der Waals surface area contributed by atoms with Crippen molar-refractivity contribution in [2.75, 3.05) is 6.54 Å². The molecule has 0 saturated carbocycles. The van der Waals surface area contributed by atoms with E-state index >= 15 is 0 Å². The highest BCUT2D eigenvalue weighted by molar-refractivity contribution is 5.76. The molecule has 1 aliphatic carbocycles. The van der Waals surface area contributed by atoms with E-state index in [1.807, 2.05) is 6.92 Å². The first kappa shape index (κ1) is 11.8. The Bertz CT molecular complexity index is 446. The van der Waals surface area contributed by atoms with Crippen molar-refractivity contribution in [1.82, 2.24) is 5.43 Å². The standard InChI is InChI=1S/C13H10.C2H8N2/c1-3-7-12-10(5-1)9-11-6-2-4-8-13(11)12;1-2-4-3/h1-8H,9H2;4H,2-3H2,1H3. The number of hydrogen-bond acceptors (Lipinski definition) is 2. The van der Waals surface area contributed by atoms with Crippen molar-refractivity contribution in [2.45, 2.75) is 13.3 Å². The van der Waals surface area contributed by atoms with Crippen LogP contribution in [-0.2, 0) is 6.42 Å². The molecule has 3 N–H and O–H groups in total. The van der Waals surface area contributed by atoms with Gasteiger partial charge in [-0.2, -0.15) is 0 Å². The van der Waals surface area contributed by atoms with Gasteiger partial charge in [0.1, 0.15) is 0 Å². The van der Waals surface area contributed by atoms with E-state index in [9.17, 15) is 0 Å². The molecule has 0 heterocycles. The molecule has 0 atom stereocenters. The first-order valence-electron chi connectivity index (χ1n) is 5.96. The Morgan fingerprint density at radius 3 is 1.76 bits per heavy atom. The van der Waals surface area contributed by atoms with Crippen LogP contribution in [0.5, 0.6) is 0 Å². The Hall–Kier alpha value is -1.64. The molecule has 0 fully saturated rings. The third kappa shape index (κ3) is 2.54. The molecule has 0 bridgehead atoms. The molecule has 2 nitrogen and oxygen atoms in total. The number of rotatable bonds is 1. The van der Waals surface area contributed by atoms with Crippen LogP contribution in [-0.4, -0.2) is 6.54 Å². The minimum atomic E-state index is 0.847. The fraction of sp³-hybridized carbons (Fsp3) is 0.200. The van der Waals surface area contributed by atoms with Crippen LogP contribution < -0.4 is 11.3 Å². The first-order chi connectivity index (χ1) is 8.36. The number of benzene rings is 2. The van der Waals surface area contributed by atoms with Gasteiger partial charge >= 0.3 is 0 Å². The number of nitrogens with one attached hydrogen (secondary N) is 1. The lowest BCUT2D eigenvalue weighted by molar-refractivity contribution is 0.781. The number of hydrogen-bond donors (Lipinski definition) is 2. The van der Waals surface area contributed by atoms with Crippen molar-refractivity contribution >= 4 is 0 Å². The van der Waals surface area contributed by atoms with Gasteiger partial charge in [0.15, 0.2) is 0 Å². The summed E-state index contributed by atoms with van der Waals surface area (Å²) in [4.78, 5) is 0. The summed E-state index contributed by atoms with van der Waals surface area (Å²) >= 11 is 0. The molecule has 0 amide bonds. The highest BCUT2D eigenvalue weighted by atomic mass is 15.2. The molecule has 3 rings (SSSR count). The zero-order valence-electron chi connectivity index (χ0n) is 10.1. The van der Waals surface area contributed by atoms with E-state index < -0.39 is 0 Å². The van der Waals surface area contributed by atoms with Gasteiger partial charge in [0.05, 0.1) is 0 Å². The molecule has 0 saturated heterocycles. The number of fused-ring (bicyclic) bond motifs is 3. The van der Waals surface area contributed by atoms with Crippen molar-refractivity contribution in [2.24, 2.45) is 5.84 Å². The van der Waals surface area contributed by atoms with Gasteiger partial charge in [-0.1, -0.05) is 55.5 Å². The highest BCUT2D eigenvalue weighted by Gasteiger charge is 2.15. The third-order valence-electron chi connectivity index (χ3n) is 2.91. The molecular formula is C15H18N2. The summed E-state index contributed by atoms with van der Waals surface area (Å²) in [6.07, 6.45) is 1.10. The average Bonchev–Trinajstić information content (AvgIpc) is 2.77. The van der Waals surface area contributed by atoms with Gasteiger partial charge in [0.25, 0.3) is 0 Å². The number of nitrogens with two attached hydrogens (primary N) is 1. The summed E-state index contributed by atoms with van der Waals surface area (Å²) < 4.78 is 0. The first-order valence-corrected chi connectivity index (χ1v) is 5.96. The zero-order valence-corrected chi connectivity index (χ0v) is 10.1. The zero-order chi connectivity index (χ0) is 12.1. The molecule has 2 aromatic carbocycles. The second-order valence-electron chi connectivity index (χ2n) is 4.05. The Morgan fingerprint density at radius 2 is 1.35 bits per heavy atom. The Balaban J connectivity index is 0.000000239. The maximum absolute atomic E-state index is 4.78. The van der Waals surface area contributed by atoms with E-state index in [-0.39, 0.29) is 0 Å².